The number of nitrogens with one attached hydrogen (secondary N) is 1. The molecular formula is C12H20N2OS. The van der Waals surface area contributed by atoms with Crippen LogP contribution >= 0.6 is 12.6 Å². The molecule has 0 heterocycles. The lowest BCUT2D eigenvalue weighted by Gasteiger charge is -2.18. The van der Waals surface area contributed by atoms with Crippen molar-refractivity contribution in [1.82, 2.24) is 0 Å². The summed E-state index contributed by atoms with van der Waals surface area (Å²) in [5, 5.41) is 17.0. The Bertz CT molecular complexity index is 370. The fourth-order valence-corrected chi connectivity index (χ4v) is 1.47. The minimum Gasteiger partial charge on any atom is -0.386 e. The molecule has 1 aromatic rings. The summed E-state index contributed by atoms with van der Waals surface area (Å²) in [5.41, 5.74) is 5.79. The van der Waals surface area contributed by atoms with Crippen molar-refractivity contribution in [2.24, 2.45) is 5.73 Å². The molecule has 0 aliphatic carbocycles. The molecule has 0 bridgehead atoms. The number of thiol groups is 1. The van der Waals surface area contributed by atoms with Crippen molar-refractivity contribution in [2.75, 3.05) is 0 Å². The Morgan fingerprint density at radius 1 is 1.38 bits per heavy atom. The van der Waals surface area contributed by atoms with E-state index in [1.54, 1.807) is 32.0 Å². The highest BCUT2D eigenvalue weighted by Gasteiger charge is 2.16. The summed E-state index contributed by atoms with van der Waals surface area (Å²) >= 11 is 4.21. The van der Waals surface area contributed by atoms with Crippen LogP contribution in [0.4, 0.5) is 0 Å². The molecular weight excluding hydrogens is 220 g/mol. The normalized spacial score (nSPS) is 10.4. The van der Waals surface area contributed by atoms with E-state index in [1.807, 2.05) is 13.8 Å². The molecule has 3 nitrogen and oxygen atoms in total. The number of hydrogen-bond acceptors (Lipinski definition) is 3. The molecule has 4 N–H and O–H groups in total. The monoisotopic (exact) mass is 240 g/mol. The molecule has 1 aromatic carbocycles. The number of hydrogen-bond donors (Lipinski definition) is 4. The summed E-state index contributed by atoms with van der Waals surface area (Å²) in [5.74, 6) is -0.0164. The number of nitrogens with two attached hydrogens (primary N) is 1. The van der Waals surface area contributed by atoms with Crippen molar-refractivity contribution in [1.29, 1.82) is 5.41 Å². The van der Waals surface area contributed by atoms with Crippen molar-refractivity contribution < 1.29 is 5.11 Å². The minimum atomic E-state index is -0.896. The SMILES string of the molecule is CC.CC(C)(O)c1ccc(C(=N)N)c(S)c1. The van der Waals surface area contributed by atoms with Gasteiger partial charge in [0.2, 0.25) is 0 Å². The van der Waals surface area contributed by atoms with Crippen molar-refractivity contribution in [2.45, 2.75) is 38.2 Å². The molecule has 0 saturated carbocycles. The Balaban J connectivity index is 0.00000106. The van der Waals surface area contributed by atoms with E-state index in [9.17, 15) is 5.11 Å². The summed E-state index contributed by atoms with van der Waals surface area (Å²) in [6, 6.07) is 5.16. The lowest BCUT2D eigenvalue weighted by Crippen LogP contribution is -2.17. The number of aliphatic hydroxyl groups is 1. The molecule has 0 aliphatic rings. The maximum absolute atomic E-state index is 9.72. The average Bonchev–Trinajstić information content (AvgIpc) is 2.18. The van der Waals surface area contributed by atoms with Gasteiger partial charge in [-0.2, -0.15) is 0 Å². The van der Waals surface area contributed by atoms with Crippen LogP contribution in [-0.4, -0.2) is 10.9 Å². The smallest absolute Gasteiger partial charge is 0.123 e. The molecule has 0 aliphatic heterocycles. The second-order valence-corrected chi connectivity index (χ2v) is 4.19. The van der Waals surface area contributed by atoms with Gasteiger partial charge in [-0.05, 0) is 31.5 Å². The minimum absolute atomic E-state index is 0.0164. The molecule has 0 spiro atoms. The van der Waals surface area contributed by atoms with Crippen molar-refractivity contribution in [3.8, 4) is 0 Å². The maximum atomic E-state index is 9.72. The molecule has 0 unspecified atom stereocenters. The van der Waals surface area contributed by atoms with Crippen LogP contribution in [0.5, 0.6) is 0 Å². The summed E-state index contributed by atoms with van der Waals surface area (Å²) < 4.78 is 0. The quantitative estimate of drug-likeness (QED) is 0.364. The van der Waals surface area contributed by atoms with Gasteiger partial charge in [0.15, 0.2) is 0 Å². The lowest BCUT2D eigenvalue weighted by molar-refractivity contribution is 0.0784. The van der Waals surface area contributed by atoms with Crippen LogP contribution in [0.2, 0.25) is 0 Å². The van der Waals surface area contributed by atoms with E-state index in [-0.39, 0.29) is 5.84 Å². The predicted octanol–water partition coefficient (Wildman–Crippen LogP) is 2.51. The van der Waals surface area contributed by atoms with Crippen molar-refractivity contribution >= 4 is 18.5 Å². The van der Waals surface area contributed by atoms with Crippen LogP contribution in [0.25, 0.3) is 0 Å². The maximum Gasteiger partial charge on any atom is 0.123 e. The second kappa shape index (κ2) is 5.92. The summed E-state index contributed by atoms with van der Waals surface area (Å²) in [6.45, 7) is 7.39. The zero-order valence-electron chi connectivity index (χ0n) is 10.2. The third-order valence-electron chi connectivity index (χ3n) is 1.99. The molecule has 16 heavy (non-hydrogen) atoms. The largest absolute Gasteiger partial charge is 0.386 e. The highest BCUT2D eigenvalue weighted by Crippen LogP contribution is 2.24. The van der Waals surface area contributed by atoms with E-state index < -0.39 is 5.60 Å². The van der Waals surface area contributed by atoms with Gasteiger partial charge in [-0.15, -0.1) is 12.6 Å². The van der Waals surface area contributed by atoms with E-state index in [0.29, 0.717) is 10.5 Å². The van der Waals surface area contributed by atoms with Crippen molar-refractivity contribution in [3.63, 3.8) is 0 Å². The van der Waals surface area contributed by atoms with E-state index in [1.165, 1.54) is 0 Å². The molecule has 90 valence electrons. The highest BCUT2D eigenvalue weighted by atomic mass is 32.1. The third kappa shape index (κ3) is 3.87. The summed E-state index contributed by atoms with van der Waals surface area (Å²) in [6.07, 6.45) is 0. The lowest BCUT2D eigenvalue weighted by atomic mass is 9.97. The molecule has 4 heteroatoms. The molecule has 0 atom stereocenters. The zero-order chi connectivity index (χ0) is 12.9. The average molecular weight is 240 g/mol. The van der Waals surface area contributed by atoms with Crippen LogP contribution < -0.4 is 5.73 Å². The van der Waals surface area contributed by atoms with Gasteiger partial charge in [0.05, 0.1) is 5.60 Å². The first kappa shape index (κ1) is 15.0. The van der Waals surface area contributed by atoms with Crippen LogP contribution in [0.15, 0.2) is 23.1 Å². The summed E-state index contributed by atoms with van der Waals surface area (Å²) in [7, 11) is 0. The Morgan fingerprint density at radius 3 is 2.19 bits per heavy atom. The van der Waals surface area contributed by atoms with Crippen LogP contribution in [0.3, 0.4) is 0 Å². The van der Waals surface area contributed by atoms with Gasteiger partial charge in [0.1, 0.15) is 5.84 Å². The fourth-order valence-electron chi connectivity index (χ4n) is 1.14. The topological polar surface area (TPSA) is 70.1 Å². The van der Waals surface area contributed by atoms with E-state index >= 15 is 0 Å². The molecule has 0 saturated heterocycles. The molecule has 0 aromatic heterocycles. The van der Waals surface area contributed by atoms with Gasteiger partial charge >= 0.3 is 0 Å². The molecule has 0 amide bonds. The van der Waals surface area contributed by atoms with Gasteiger partial charge in [-0.25, -0.2) is 0 Å². The van der Waals surface area contributed by atoms with Crippen LogP contribution in [0.1, 0.15) is 38.8 Å². The van der Waals surface area contributed by atoms with E-state index in [4.69, 9.17) is 11.1 Å². The number of benzene rings is 1. The fraction of sp³-hybridized carbons (Fsp3) is 0.417. The summed E-state index contributed by atoms with van der Waals surface area (Å²) in [4.78, 5) is 0.608. The number of amidine groups is 1. The molecule has 0 fully saturated rings. The second-order valence-electron chi connectivity index (χ2n) is 3.70. The van der Waals surface area contributed by atoms with Gasteiger partial charge < -0.3 is 10.8 Å². The molecule has 1 rings (SSSR count). The third-order valence-corrected chi connectivity index (χ3v) is 2.36. The van der Waals surface area contributed by atoms with Crippen molar-refractivity contribution in [3.05, 3.63) is 29.3 Å². The first-order valence-electron chi connectivity index (χ1n) is 5.22. The predicted molar refractivity (Wildman–Crippen MR) is 71.3 cm³/mol. The Hall–Kier alpha value is -1.00. The number of nitrogen functional groups attached to an aromatic ring is 1. The first-order valence-corrected chi connectivity index (χ1v) is 5.67. The Labute approximate surface area is 103 Å². The van der Waals surface area contributed by atoms with E-state index in [2.05, 4.69) is 12.6 Å². The Morgan fingerprint density at radius 2 is 1.88 bits per heavy atom. The van der Waals surface area contributed by atoms with Gasteiger partial charge in [-0.1, -0.05) is 19.9 Å². The zero-order valence-corrected chi connectivity index (χ0v) is 11.1. The first-order chi connectivity index (χ1) is 7.32. The van der Waals surface area contributed by atoms with Crippen LogP contribution in [0, 0.1) is 5.41 Å². The number of rotatable bonds is 2. The van der Waals surface area contributed by atoms with Gasteiger partial charge in [0.25, 0.3) is 0 Å². The van der Waals surface area contributed by atoms with Gasteiger partial charge in [0, 0.05) is 10.5 Å². The van der Waals surface area contributed by atoms with Crippen LogP contribution in [-0.2, 0) is 5.60 Å². The Kier molecular flexibility index (Phi) is 5.55. The molecule has 0 radical (unpaired) electrons. The van der Waals surface area contributed by atoms with Gasteiger partial charge in [-0.3, -0.25) is 5.41 Å². The highest BCUT2D eigenvalue weighted by molar-refractivity contribution is 7.80. The van der Waals surface area contributed by atoms with E-state index in [0.717, 1.165) is 5.56 Å². The standard InChI is InChI=1S/C10H14N2OS.C2H6/c1-10(2,13)6-3-4-7(9(11)12)8(14)5-6;1-2/h3-5,13-14H,1-2H3,(H3,11,12);1-2H3.